The number of aliphatic hydroxyl groups excluding tert-OH is 1. The van der Waals surface area contributed by atoms with Crippen molar-refractivity contribution in [1.29, 1.82) is 0 Å². The van der Waals surface area contributed by atoms with E-state index in [9.17, 15) is 5.11 Å². The fourth-order valence-electron chi connectivity index (χ4n) is 4.05. The molecule has 1 aliphatic heterocycles. The summed E-state index contributed by atoms with van der Waals surface area (Å²) in [5, 5.41) is 11.2. The van der Waals surface area contributed by atoms with E-state index >= 15 is 0 Å². The molecule has 0 bridgehead atoms. The largest absolute Gasteiger partial charge is 0.388 e. The molecule has 0 saturated carbocycles. The Balaban J connectivity index is 1.82. The van der Waals surface area contributed by atoms with E-state index in [0.717, 1.165) is 12.1 Å². The molecule has 2 aromatic rings. The Bertz CT molecular complexity index is 559. The molecule has 2 heteroatoms. The Labute approximate surface area is 152 Å². The molecule has 134 valence electrons. The van der Waals surface area contributed by atoms with E-state index in [1.165, 1.54) is 44.3 Å². The molecule has 1 aliphatic rings. The van der Waals surface area contributed by atoms with E-state index in [0.29, 0.717) is 5.92 Å². The summed E-state index contributed by atoms with van der Waals surface area (Å²) in [5.41, 5.74) is 2.35. The lowest BCUT2D eigenvalue weighted by Crippen LogP contribution is -2.35. The van der Waals surface area contributed by atoms with Crippen LogP contribution in [0.5, 0.6) is 0 Å². The van der Waals surface area contributed by atoms with E-state index < -0.39 is 6.10 Å². The molecule has 1 fully saturated rings. The van der Waals surface area contributed by atoms with Gasteiger partial charge >= 0.3 is 0 Å². The van der Waals surface area contributed by atoms with Crippen molar-refractivity contribution in [1.82, 2.24) is 4.90 Å². The van der Waals surface area contributed by atoms with Crippen LogP contribution in [0, 0.1) is 5.92 Å². The van der Waals surface area contributed by atoms with Gasteiger partial charge in [-0.05, 0) is 43.0 Å². The highest BCUT2D eigenvalue weighted by Crippen LogP contribution is 2.35. The predicted molar refractivity (Wildman–Crippen MR) is 105 cm³/mol. The number of rotatable bonds is 6. The molecule has 1 N–H and O–H groups in total. The smallest absolute Gasteiger partial charge is 0.0836 e. The Morgan fingerprint density at radius 2 is 1.32 bits per heavy atom. The maximum absolute atomic E-state index is 11.2. The van der Waals surface area contributed by atoms with Crippen molar-refractivity contribution in [2.75, 3.05) is 19.6 Å². The molecule has 0 unspecified atom stereocenters. The Hall–Kier alpha value is -1.64. The summed E-state index contributed by atoms with van der Waals surface area (Å²) in [6.07, 6.45) is 4.83. The average molecular weight is 338 g/mol. The van der Waals surface area contributed by atoms with Crippen LogP contribution in [0.4, 0.5) is 0 Å². The Morgan fingerprint density at radius 1 is 0.800 bits per heavy atom. The fraction of sp³-hybridized carbons (Fsp3) is 0.478. The summed E-state index contributed by atoms with van der Waals surface area (Å²) in [7, 11) is 0. The molecule has 0 spiro atoms. The molecule has 1 saturated heterocycles. The molecule has 0 aliphatic carbocycles. The zero-order valence-electron chi connectivity index (χ0n) is 15.3. The average Bonchev–Trinajstić information content (AvgIpc) is 2.95. The minimum atomic E-state index is -0.431. The van der Waals surface area contributed by atoms with E-state index in [-0.39, 0.29) is 5.92 Å². The second kappa shape index (κ2) is 9.17. The van der Waals surface area contributed by atoms with Gasteiger partial charge in [-0.3, -0.25) is 0 Å². The first-order chi connectivity index (χ1) is 12.3. The first-order valence-corrected chi connectivity index (χ1v) is 9.76. The monoisotopic (exact) mass is 337 g/mol. The fourth-order valence-corrected chi connectivity index (χ4v) is 4.05. The van der Waals surface area contributed by atoms with Crippen molar-refractivity contribution in [3.63, 3.8) is 0 Å². The van der Waals surface area contributed by atoms with Crippen LogP contribution in [-0.2, 0) is 0 Å². The topological polar surface area (TPSA) is 23.5 Å². The minimum Gasteiger partial charge on any atom is -0.388 e. The van der Waals surface area contributed by atoms with Crippen molar-refractivity contribution in [3.05, 3.63) is 71.8 Å². The van der Waals surface area contributed by atoms with E-state index in [1.54, 1.807) is 0 Å². The Morgan fingerprint density at radius 3 is 1.88 bits per heavy atom. The Kier molecular flexibility index (Phi) is 6.66. The van der Waals surface area contributed by atoms with Gasteiger partial charge in [-0.25, -0.2) is 0 Å². The number of aliphatic hydroxyl groups is 1. The van der Waals surface area contributed by atoms with Gasteiger partial charge < -0.3 is 10.0 Å². The first-order valence-electron chi connectivity index (χ1n) is 9.76. The summed E-state index contributed by atoms with van der Waals surface area (Å²) in [4.78, 5) is 2.57. The maximum Gasteiger partial charge on any atom is 0.0836 e. The van der Waals surface area contributed by atoms with E-state index in [2.05, 4.69) is 54.3 Å². The maximum atomic E-state index is 11.2. The van der Waals surface area contributed by atoms with Gasteiger partial charge in [-0.15, -0.1) is 0 Å². The highest BCUT2D eigenvalue weighted by Gasteiger charge is 2.29. The van der Waals surface area contributed by atoms with Crippen LogP contribution < -0.4 is 0 Å². The minimum absolute atomic E-state index is 0.197. The second-order valence-corrected chi connectivity index (χ2v) is 7.43. The molecule has 2 nitrogen and oxygen atoms in total. The van der Waals surface area contributed by atoms with Crippen molar-refractivity contribution in [2.45, 2.75) is 44.6 Å². The van der Waals surface area contributed by atoms with Gasteiger partial charge in [-0.2, -0.15) is 0 Å². The normalized spacial score (nSPS) is 19.8. The number of benzene rings is 2. The lowest BCUT2D eigenvalue weighted by atomic mass is 9.81. The molecule has 0 radical (unpaired) electrons. The summed E-state index contributed by atoms with van der Waals surface area (Å²) >= 11 is 0. The van der Waals surface area contributed by atoms with Crippen LogP contribution in [0.2, 0.25) is 0 Å². The van der Waals surface area contributed by atoms with Crippen molar-refractivity contribution in [2.24, 2.45) is 5.92 Å². The molecular formula is C23H31NO. The third-order valence-corrected chi connectivity index (χ3v) is 5.68. The molecule has 2 aromatic carbocycles. The second-order valence-electron chi connectivity index (χ2n) is 7.43. The summed E-state index contributed by atoms with van der Waals surface area (Å²) in [6.45, 7) is 5.56. The van der Waals surface area contributed by atoms with Crippen molar-refractivity contribution in [3.8, 4) is 0 Å². The first kappa shape index (κ1) is 18.2. The van der Waals surface area contributed by atoms with E-state index in [4.69, 9.17) is 0 Å². The van der Waals surface area contributed by atoms with Gasteiger partial charge in [0, 0.05) is 12.5 Å². The standard InChI is InChI=1S/C23H31NO/c1-19(20-12-6-4-7-13-20)22(18-24-16-10-2-3-11-17-24)23(25)21-14-8-5-9-15-21/h4-9,12-15,19,22-23,25H,2-3,10-11,16-18H2,1H3/t19-,22+,23+/m1/s1. The molecule has 0 aromatic heterocycles. The van der Waals surface area contributed by atoms with Gasteiger partial charge in [0.25, 0.3) is 0 Å². The zero-order valence-corrected chi connectivity index (χ0v) is 15.3. The summed E-state index contributed by atoms with van der Waals surface area (Å²) < 4.78 is 0. The van der Waals surface area contributed by atoms with Gasteiger partial charge in [0.05, 0.1) is 6.10 Å². The molecule has 0 amide bonds. The highest BCUT2D eigenvalue weighted by atomic mass is 16.3. The van der Waals surface area contributed by atoms with Crippen LogP contribution in [0.15, 0.2) is 60.7 Å². The molecular weight excluding hydrogens is 306 g/mol. The molecule has 25 heavy (non-hydrogen) atoms. The lowest BCUT2D eigenvalue weighted by Gasteiger charge is -2.34. The third kappa shape index (κ3) is 4.93. The van der Waals surface area contributed by atoms with Crippen molar-refractivity contribution >= 4 is 0 Å². The van der Waals surface area contributed by atoms with Gasteiger partial charge in [0.2, 0.25) is 0 Å². The van der Waals surface area contributed by atoms with Crippen LogP contribution in [0.25, 0.3) is 0 Å². The summed E-state index contributed by atoms with van der Waals surface area (Å²) in [5.74, 6) is 0.516. The van der Waals surface area contributed by atoms with Crippen molar-refractivity contribution < 1.29 is 5.11 Å². The zero-order chi connectivity index (χ0) is 17.5. The SMILES string of the molecule is C[C@H](c1ccccc1)[C@H](CN1CCCCCC1)[C@@H](O)c1ccccc1. The number of hydrogen-bond acceptors (Lipinski definition) is 2. The lowest BCUT2D eigenvalue weighted by molar-refractivity contribution is 0.0664. The quantitative estimate of drug-likeness (QED) is 0.800. The van der Waals surface area contributed by atoms with Crippen LogP contribution in [0.3, 0.4) is 0 Å². The van der Waals surface area contributed by atoms with Gasteiger partial charge in [-0.1, -0.05) is 80.4 Å². The van der Waals surface area contributed by atoms with Crippen LogP contribution in [-0.4, -0.2) is 29.6 Å². The molecule has 3 atom stereocenters. The number of likely N-dealkylation sites (tertiary alicyclic amines) is 1. The molecule has 1 heterocycles. The predicted octanol–water partition coefficient (Wildman–Crippen LogP) is 5.02. The van der Waals surface area contributed by atoms with Gasteiger partial charge in [0.15, 0.2) is 0 Å². The number of nitrogens with zero attached hydrogens (tertiary/aromatic N) is 1. The summed E-state index contributed by atoms with van der Waals surface area (Å²) in [6, 6.07) is 20.8. The molecule has 3 rings (SSSR count). The van der Waals surface area contributed by atoms with Crippen LogP contribution in [0.1, 0.15) is 55.8 Å². The highest BCUT2D eigenvalue weighted by molar-refractivity contribution is 5.23. The number of hydrogen-bond donors (Lipinski definition) is 1. The van der Waals surface area contributed by atoms with Crippen LogP contribution >= 0.6 is 0 Å². The van der Waals surface area contributed by atoms with E-state index in [1.807, 2.05) is 18.2 Å². The third-order valence-electron chi connectivity index (χ3n) is 5.68. The van der Waals surface area contributed by atoms with Gasteiger partial charge in [0.1, 0.15) is 0 Å².